The molecule has 0 amide bonds. The standard InChI is InChI=1S/C24H34/c1-3-5-7-9-21-11-15-23(16-12-21)19-20-24-17-13-22(14-18-24)10-8-6-4-2/h11-12,15-17,22H,3-10,13-14,18H2,1-2H3. The Morgan fingerprint density at radius 3 is 2.33 bits per heavy atom. The van der Waals surface area contributed by atoms with Gasteiger partial charge in [0.1, 0.15) is 0 Å². The first-order chi connectivity index (χ1) is 11.8. The van der Waals surface area contributed by atoms with E-state index >= 15 is 0 Å². The van der Waals surface area contributed by atoms with Crippen molar-refractivity contribution in [3.8, 4) is 11.8 Å². The molecule has 1 aromatic carbocycles. The highest BCUT2D eigenvalue weighted by Gasteiger charge is 2.12. The molecule has 24 heavy (non-hydrogen) atoms. The Bertz CT molecular complexity index is 550. The average molecular weight is 323 g/mol. The molecule has 0 aromatic heterocycles. The van der Waals surface area contributed by atoms with Gasteiger partial charge in [0.15, 0.2) is 0 Å². The first kappa shape index (κ1) is 18.9. The summed E-state index contributed by atoms with van der Waals surface area (Å²) in [5.41, 5.74) is 3.95. The van der Waals surface area contributed by atoms with Crippen molar-refractivity contribution >= 4 is 0 Å². The van der Waals surface area contributed by atoms with E-state index in [1.54, 1.807) is 0 Å². The van der Waals surface area contributed by atoms with Crippen LogP contribution in [0.1, 0.15) is 89.2 Å². The monoisotopic (exact) mass is 322 g/mol. The summed E-state index contributed by atoms with van der Waals surface area (Å²) in [7, 11) is 0. The first-order valence-corrected chi connectivity index (χ1v) is 10.1. The van der Waals surface area contributed by atoms with Crippen molar-refractivity contribution in [2.24, 2.45) is 5.92 Å². The Hall–Kier alpha value is -1.48. The van der Waals surface area contributed by atoms with Crippen LogP contribution in [0.25, 0.3) is 0 Å². The Morgan fingerprint density at radius 1 is 0.917 bits per heavy atom. The molecule has 0 nitrogen and oxygen atoms in total. The molecule has 1 atom stereocenters. The maximum absolute atomic E-state index is 3.41. The van der Waals surface area contributed by atoms with Crippen LogP contribution < -0.4 is 0 Å². The topological polar surface area (TPSA) is 0 Å². The van der Waals surface area contributed by atoms with E-state index in [4.69, 9.17) is 0 Å². The minimum Gasteiger partial charge on any atom is -0.0726 e. The second-order valence-electron chi connectivity index (χ2n) is 7.27. The van der Waals surface area contributed by atoms with Crippen LogP contribution in [0.3, 0.4) is 0 Å². The normalized spacial score (nSPS) is 17.1. The van der Waals surface area contributed by atoms with Crippen LogP contribution in [0.15, 0.2) is 35.9 Å². The lowest BCUT2D eigenvalue weighted by molar-refractivity contribution is 0.420. The van der Waals surface area contributed by atoms with E-state index in [0.717, 1.165) is 11.5 Å². The number of aryl methyl sites for hydroxylation is 1. The number of unbranched alkanes of at least 4 members (excludes halogenated alkanes) is 4. The summed E-state index contributed by atoms with van der Waals surface area (Å²) in [6, 6.07) is 8.87. The Kier molecular flexibility index (Phi) is 8.75. The van der Waals surface area contributed by atoms with Crippen molar-refractivity contribution in [2.45, 2.75) is 84.5 Å². The van der Waals surface area contributed by atoms with Crippen LogP contribution in [-0.2, 0) is 6.42 Å². The van der Waals surface area contributed by atoms with Gasteiger partial charge in [0, 0.05) is 5.56 Å². The van der Waals surface area contributed by atoms with E-state index in [2.05, 4.69) is 56.0 Å². The SMILES string of the molecule is CCCCCc1ccc(C#CC2=CCC(CCCCC)CC2)cc1. The molecule has 0 N–H and O–H groups in total. The van der Waals surface area contributed by atoms with Gasteiger partial charge in [0.25, 0.3) is 0 Å². The van der Waals surface area contributed by atoms with E-state index in [9.17, 15) is 0 Å². The van der Waals surface area contributed by atoms with Gasteiger partial charge in [-0.25, -0.2) is 0 Å². The molecule has 2 rings (SSSR count). The fraction of sp³-hybridized carbons (Fsp3) is 0.583. The zero-order valence-corrected chi connectivity index (χ0v) is 15.7. The largest absolute Gasteiger partial charge is 0.0726 e. The van der Waals surface area contributed by atoms with Gasteiger partial charge in [0.05, 0.1) is 0 Å². The summed E-state index contributed by atoms with van der Waals surface area (Å²) < 4.78 is 0. The molecule has 0 saturated carbocycles. The number of hydrogen-bond acceptors (Lipinski definition) is 0. The van der Waals surface area contributed by atoms with Crippen LogP contribution in [0, 0.1) is 17.8 Å². The van der Waals surface area contributed by atoms with E-state index in [1.807, 2.05) is 0 Å². The van der Waals surface area contributed by atoms with Gasteiger partial charge >= 0.3 is 0 Å². The van der Waals surface area contributed by atoms with E-state index in [-0.39, 0.29) is 0 Å². The molecule has 0 spiro atoms. The second-order valence-corrected chi connectivity index (χ2v) is 7.27. The summed E-state index contributed by atoms with van der Waals surface area (Å²) >= 11 is 0. The van der Waals surface area contributed by atoms with Gasteiger partial charge in [-0.1, -0.05) is 82.4 Å². The minimum atomic E-state index is 0.907. The third-order valence-electron chi connectivity index (χ3n) is 5.13. The molecule has 1 aliphatic carbocycles. The molecule has 0 fully saturated rings. The zero-order chi connectivity index (χ0) is 17.0. The highest BCUT2D eigenvalue weighted by Crippen LogP contribution is 2.27. The summed E-state index contributed by atoms with van der Waals surface area (Å²) in [6.07, 6.45) is 16.8. The van der Waals surface area contributed by atoms with E-state index < -0.39 is 0 Å². The van der Waals surface area contributed by atoms with Gasteiger partial charge in [0.2, 0.25) is 0 Å². The zero-order valence-electron chi connectivity index (χ0n) is 15.7. The van der Waals surface area contributed by atoms with Crippen LogP contribution >= 0.6 is 0 Å². The van der Waals surface area contributed by atoms with Crippen molar-refractivity contribution in [1.82, 2.24) is 0 Å². The van der Waals surface area contributed by atoms with Crippen LogP contribution in [0.2, 0.25) is 0 Å². The second kappa shape index (κ2) is 11.1. The van der Waals surface area contributed by atoms with Crippen LogP contribution in [0.5, 0.6) is 0 Å². The quantitative estimate of drug-likeness (QED) is 0.354. The van der Waals surface area contributed by atoms with E-state index in [0.29, 0.717) is 0 Å². The van der Waals surface area contributed by atoms with Gasteiger partial charge in [-0.2, -0.15) is 0 Å². The molecule has 0 radical (unpaired) electrons. The Balaban J connectivity index is 1.80. The fourth-order valence-electron chi connectivity index (χ4n) is 3.43. The van der Waals surface area contributed by atoms with Crippen molar-refractivity contribution in [3.05, 3.63) is 47.0 Å². The van der Waals surface area contributed by atoms with Gasteiger partial charge in [-0.15, -0.1) is 0 Å². The van der Waals surface area contributed by atoms with Crippen molar-refractivity contribution in [3.63, 3.8) is 0 Å². The molecule has 1 aromatic rings. The smallest absolute Gasteiger partial charge is 0.0249 e. The Labute approximate surface area is 149 Å². The third-order valence-corrected chi connectivity index (χ3v) is 5.13. The predicted octanol–water partition coefficient (Wildman–Crippen LogP) is 7.08. The molecular formula is C24H34. The maximum atomic E-state index is 3.41. The molecule has 1 aliphatic rings. The Morgan fingerprint density at radius 2 is 1.67 bits per heavy atom. The van der Waals surface area contributed by atoms with Crippen LogP contribution in [0.4, 0.5) is 0 Å². The number of benzene rings is 1. The van der Waals surface area contributed by atoms with Crippen molar-refractivity contribution in [2.75, 3.05) is 0 Å². The van der Waals surface area contributed by atoms with Gasteiger partial charge in [-0.3, -0.25) is 0 Å². The average Bonchev–Trinajstić information content (AvgIpc) is 2.63. The predicted molar refractivity (Wildman–Crippen MR) is 106 cm³/mol. The minimum absolute atomic E-state index is 0.907. The van der Waals surface area contributed by atoms with Gasteiger partial charge < -0.3 is 0 Å². The molecule has 0 aliphatic heterocycles. The summed E-state index contributed by atoms with van der Waals surface area (Å²) in [5, 5.41) is 0. The molecule has 0 heteroatoms. The van der Waals surface area contributed by atoms with Crippen LogP contribution in [-0.4, -0.2) is 0 Å². The summed E-state index contributed by atoms with van der Waals surface area (Å²) in [4.78, 5) is 0. The number of rotatable bonds is 8. The highest BCUT2D eigenvalue weighted by molar-refractivity contribution is 5.42. The molecule has 130 valence electrons. The number of allylic oxidation sites excluding steroid dienone is 2. The van der Waals surface area contributed by atoms with E-state index in [1.165, 1.54) is 81.8 Å². The summed E-state index contributed by atoms with van der Waals surface area (Å²) in [5.74, 6) is 7.67. The lowest BCUT2D eigenvalue weighted by atomic mass is 9.86. The van der Waals surface area contributed by atoms with Gasteiger partial charge in [-0.05, 0) is 61.3 Å². The lowest BCUT2D eigenvalue weighted by Crippen LogP contribution is -2.05. The maximum Gasteiger partial charge on any atom is 0.0249 e. The molecular weight excluding hydrogens is 288 g/mol. The van der Waals surface area contributed by atoms with Crippen molar-refractivity contribution in [1.29, 1.82) is 0 Å². The fourth-order valence-corrected chi connectivity index (χ4v) is 3.43. The summed E-state index contributed by atoms with van der Waals surface area (Å²) in [6.45, 7) is 4.54. The molecule has 0 heterocycles. The molecule has 0 saturated heterocycles. The molecule has 0 bridgehead atoms. The third kappa shape index (κ3) is 6.96. The molecule has 1 unspecified atom stereocenters. The first-order valence-electron chi connectivity index (χ1n) is 10.1. The lowest BCUT2D eigenvalue weighted by Gasteiger charge is -2.19. The van der Waals surface area contributed by atoms with Crippen molar-refractivity contribution < 1.29 is 0 Å². The number of hydrogen-bond donors (Lipinski definition) is 0. The highest BCUT2D eigenvalue weighted by atomic mass is 14.2.